The maximum absolute atomic E-state index is 13.9. The summed E-state index contributed by atoms with van der Waals surface area (Å²) < 4.78 is 79.9. The van der Waals surface area contributed by atoms with Crippen LogP contribution in [-0.2, 0) is 25.7 Å². The van der Waals surface area contributed by atoms with Crippen LogP contribution in [0.2, 0.25) is 0 Å². The van der Waals surface area contributed by atoms with Gasteiger partial charge in [-0.05, 0) is 79.5 Å². The van der Waals surface area contributed by atoms with E-state index in [1.165, 1.54) is 54.9 Å². The fourth-order valence-corrected chi connectivity index (χ4v) is 8.73. The largest absolute Gasteiger partial charge is 0.493 e. The molecule has 0 amide bonds. The number of rotatable bonds is 9. The van der Waals surface area contributed by atoms with Gasteiger partial charge in [0.15, 0.2) is 0 Å². The molecule has 1 saturated heterocycles. The van der Waals surface area contributed by atoms with E-state index in [4.69, 9.17) is 9.47 Å². The molecule has 0 spiro atoms. The number of alkyl halides is 3. The zero-order valence-electron chi connectivity index (χ0n) is 25.3. The molecule has 5 rings (SSSR count). The summed E-state index contributed by atoms with van der Waals surface area (Å²) in [4.78, 5) is 15.2. The predicted molar refractivity (Wildman–Crippen MR) is 161 cm³/mol. The molecule has 1 aliphatic heterocycles. The summed E-state index contributed by atoms with van der Waals surface area (Å²) >= 11 is 0. The third-order valence-corrected chi connectivity index (χ3v) is 11.5. The second-order valence-corrected chi connectivity index (χ2v) is 14.3. The van der Waals surface area contributed by atoms with Gasteiger partial charge in [0.2, 0.25) is 10.0 Å². The zero-order valence-corrected chi connectivity index (χ0v) is 26.1. The van der Waals surface area contributed by atoms with Crippen molar-refractivity contribution in [3.63, 3.8) is 0 Å². The maximum Gasteiger partial charge on any atom is 0.416 e. The molecule has 2 aliphatic carbocycles. The van der Waals surface area contributed by atoms with E-state index >= 15 is 0 Å². The van der Waals surface area contributed by atoms with Crippen molar-refractivity contribution >= 4 is 16.0 Å². The average molecular weight is 637 g/mol. The minimum Gasteiger partial charge on any atom is -0.493 e. The van der Waals surface area contributed by atoms with Crippen molar-refractivity contribution in [2.45, 2.75) is 87.4 Å². The highest BCUT2D eigenvalue weighted by atomic mass is 32.2. The highest BCUT2D eigenvalue weighted by molar-refractivity contribution is 7.89. The Bertz CT molecular complexity index is 1340. The van der Waals surface area contributed by atoms with E-state index in [1.807, 2.05) is 0 Å². The third kappa shape index (κ3) is 7.59. The van der Waals surface area contributed by atoms with Crippen LogP contribution in [0, 0.1) is 11.8 Å². The van der Waals surface area contributed by atoms with Crippen LogP contribution in [0.1, 0.15) is 81.4 Å². The molecule has 3 aliphatic rings. The van der Waals surface area contributed by atoms with Crippen LogP contribution in [0.3, 0.4) is 0 Å². The summed E-state index contributed by atoms with van der Waals surface area (Å²) in [6.45, 7) is 1.07. The van der Waals surface area contributed by atoms with E-state index in [2.05, 4.69) is 4.90 Å². The molecule has 0 N–H and O–H groups in total. The van der Waals surface area contributed by atoms with E-state index in [1.54, 1.807) is 12.1 Å². The summed E-state index contributed by atoms with van der Waals surface area (Å²) in [6.07, 6.45) is 6.55. The Morgan fingerprint density at radius 1 is 0.886 bits per heavy atom. The van der Waals surface area contributed by atoms with E-state index < -0.39 is 33.8 Å². The van der Waals surface area contributed by atoms with Gasteiger partial charge in [0.1, 0.15) is 11.8 Å². The summed E-state index contributed by atoms with van der Waals surface area (Å²) in [5, 5.41) is 0. The van der Waals surface area contributed by atoms with E-state index in [-0.39, 0.29) is 29.9 Å². The van der Waals surface area contributed by atoms with Gasteiger partial charge in [-0.3, -0.25) is 9.69 Å². The third-order valence-electron chi connectivity index (χ3n) is 9.55. The van der Waals surface area contributed by atoms with Gasteiger partial charge < -0.3 is 9.47 Å². The molecule has 0 bridgehead atoms. The molecule has 2 saturated carbocycles. The normalized spacial score (nSPS) is 22.4. The first kappa shape index (κ1) is 32.8. The Morgan fingerprint density at radius 2 is 1.50 bits per heavy atom. The minimum atomic E-state index is -4.44. The van der Waals surface area contributed by atoms with Gasteiger partial charge >= 0.3 is 12.1 Å². The number of halogens is 3. The van der Waals surface area contributed by atoms with Crippen molar-refractivity contribution in [2.75, 3.05) is 33.4 Å². The van der Waals surface area contributed by atoms with E-state index in [0.717, 1.165) is 62.6 Å². The van der Waals surface area contributed by atoms with Crippen molar-refractivity contribution in [3.8, 4) is 5.75 Å². The molecular formula is C33H43F3N2O5S. The molecule has 2 aromatic carbocycles. The van der Waals surface area contributed by atoms with Crippen molar-refractivity contribution in [2.24, 2.45) is 11.8 Å². The predicted octanol–water partition coefficient (Wildman–Crippen LogP) is 6.83. The fourth-order valence-electron chi connectivity index (χ4n) is 7.17. The first-order valence-corrected chi connectivity index (χ1v) is 17.3. The Balaban J connectivity index is 1.35. The zero-order chi connectivity index (χ0) is 31.3. The average Bonchev–Trinajstić information content (AvgIpc) is 3.04. The number of carbonyl (C=O) groups is 1. The first-order chi connectivity index (χ1) is 21.1. The Kier molecular flexibility index (Phi) is 10.6. The lowest BCUT2D eigenvalue weighted by atomic mass is 9.80. The lowest BCUT2D eigenvalue weighted by Gasteiger charge is -2.45. The molecule has 11 heteroatoms. The highest BCUT2D eigenvalue weighted by Crippen LogP contribution is 2.41. The molecule has 242 valence electrons. The van der Waals surface area contributed by atoms with Gasteiger partial charge in [0.05, 0.1) is 24.2 Å². The number of esters is 1. The Hall–Kier alpha value is -2.63. The molecule has 2 aromatic rings. The second kappa shape index (κ2) is 14.2. The molecule has 0 radical (unpaired) electrons. The SMILES string of the molecule is COC(=O)C1CN(C(c2ccc(C(F)(F)F)cc2)C2CCCCC2)CCN1S(=O)(=O)c1ccc(OCC2CCCCC2)cc1. The highest BCUT2D eigenvalue weighted by Gasteiger charge is 2.44. The quantitative estimate of drug-likeness (QED) is 0.281. The van der Waals surface area contributed by atoms with Gasteiger partial charge in [0, 0.05) is 25.7 Å². The first-order valence-electron chi connectivity index (χ1n) is 15.8. The van der Waals surface area contributed by atoms with Gasteiger partial charge in [-0.25, -0.2) is 8.42 Å². The number of hydrogen-bond acceptors (Lipinski definition) is 6. The molecule has 0 aromatic heterocycles. The van der Waals surface area contributed by atoms with E-state index in [9.17, 15) is 26.4 Å². The summed E-state index contributed by atoms with van der Waals surface area (Å²) in [5.74, 6) is 0.642. The van der Waals surface area contributed by atoms with Crippen molar-refractivity contribution < 1.29 is 35.9 Å². The van der Waals surface area contributed by atoms with Crippen LogP contribution < -0.4 is 4.74 Å². The Labute approximate surface area is 258 Å². The smallest absolute Gasteiger partial charge is 0.416 e. The van der Waals surface area contributed by atoms with Crippen molar-refractivity contribution in [1.29, 1.82) is 0 Å². The van der Waals surface area contributed by atoms with Gasteiger partial charge in [-0.2, -0.15) is 17.5 Å². The number of nitrogens with zero attached hydrogens (tertiary/aromatic N) is 2. The standard InChI is InChI=1S/C33H43F3N2O5S/c1-42-32(39)30-22-37(31(25-10-6-3-7-11-25)26-12-14-27(15-13-26)33(34,35)36)20-21-38(30)44(40,41)29-18-16-28(17-19-29)43-23-24-8-4-2-5-9-24/h12-19,24-25,30-31H,2-11,20-23H2,1H3. The second-order valence-electron chi connectivity index (χ2n) is 12.4. The maximum atomic E-state index is 13.9. The van der Waals surface area contributed by atoms with Gasteiger partial charge in [0.25, 0.3) is 0 Å². The number of benzene rings is 2. The van der Waals surface area contributed by atoms with Crippen molar-refractivity contribution in [1.82, 2.24) is 9.21 Å². The monoisotopic (exact) mass is 636 g/mol. The van der Waals surface area contributed by atoms with E-state index in [0.29, 0.717) is 24.8 Å². The van der Waals surface area contributed by atoms with Crippen LogP contribution in [0.4, 0.5) is 13.2 Å². The lowest BCUT2D eigenvalue weighted by Crippen LogP contribution is -2.59. The summed E-state index contributed by atoms with van der Waals surface area (Å²) in [6, 6.07) is 10.3. The summed E-state index contributed by atoms with van der Waals surface area (Å²) in [5.41, 5.74) is 0.0334. The molecule has 3 fully saturated rings. The number of carbonyl (C=O) groups excluding carboxylic acids is 1. The summed E-state index contributed by atoms with van der Waals surface area (Å²) in [7, 11) is -2.82. The van der Waals surface area contributed by atoms with Crippen LogP contribution in [-0.4, -0.2) is 63.0 Å². The van der Waals surface area contributed by atoms with Gasteiger partial charge in [-0.1, -0.05) is 50.7 Å². The topological polar surface area (TPSA) is 76.2 Å². The molecule has 7 nitrogen and oxygen atoms in total. The fraction of sp³-hybridized carbons (Fsp3) is 0.606. The number of ether oxygens (including phenoxy) is 2. The lowest BCUT2D eigenvalue weighted by molar-refractivity contribution is -0.147. The van der Waals surface area contributed by atoms with Gasteiger partial charge in [-0.15, -0.1) is 0 Å². The van der Waals surface area contributed by atoms with Crippen LogP contribution >= 0.6 is 0 Å². The molecule has 2 unspecified atom stereocenters. The van der Waals surface area contributed by atoms with Crippen LogP contribution in [0.5, 0.6) is 5.75 Å². The molecular weight excluding hydrogens is 593 g/mol. The minimum absolute atomic E-state index is 0.0475. The van der Waals surface area contributed by atoms with Crippen molar-refractivity contribution in [3.05, 3.63) is 59.7 Å². The van der Waals surface area contributed by atoms with Crippen LogP contribution in [0.25, 0.3) is 0 Å². The number of piperazine rings is 1. The number of methoxy groups -OCH3 is 1. The number of sulfonamides is 1. The molecule has 44 heavy (non-hydrogen) atoms. The molecule has 2 atom stereocenters. The Morgan fingerprint density at radius 3 is 2.09 bits per heavy atom. The number of hydrogen-bond donors (Lipinski definition) is 0. The van der Waals surface area contributed by atoms with Crippen LogP contribution in [0.15, 0.2) is 53.4 Å². The molecule has 1 heterocycles.